The predicted molar refractivity (Wildman–Crippen MR) is 69.6 cm³/mol. The van der Waals surface area contributed by atoms with Crippen LogP contribution in [0.25, 0.3) is 0 Å². The molecule has 5 heteroatoms. The van der Waals surface area contributed by atoms with E-state index in [0.29, 0.717) is 11.6 Å². The predicted octanol–water partition coefficient (Wildman–Crippen LogP) is 1.65. The molecule has 1 amide bonds. The van der Waals surface area contributed by atoms with Gasteiger partial charge in [0, 0.05) is 37.5 Å². The van der Waals surface area contributed by atoms with Crippen molar-refractivity contribution in [3.8, 4) is 0 Å². The molecule has 0 unspecified atom stereocenters. The molecule has 0 bridgehead atoms. The number of piperazine rings is 1. The standard InChI is InChI=1S/C12H19N3OS/c1-9(2)11-13-10(8-17-11)12(16)15-6-4-14(3)5-7-15/h8-9H,4-7H2,1-3H3. The Hall–Kier alpha value is -0.940. The van der Waals surface area contributed by atoms with Crippen molar-refractivity contribution in [3.63, 3.8) is 0 Å². The SMILES string of the molecule is CC(C)c1nc(C(=O)N2CCN(C)CC2)cs1. The maximum atomic E-state index is 12.2. The molecule has 0 aromatic carbocycles. The molecule has 17 heavy (non-hydrogen) atoms. The van der Waals surface area contributed by atoms with E-state index >= 15 is 0 Å². The Morgan fingerprint density at radius 3 is 2.53 bits per heavy atom. The molecule has 1 aliphatic rings. The first-order valence-corrected chi connectivity index (χ1v) is 6.89. The van der Waals surface area contributed by atoms with E-state index < -0.39 is 0 Å². The van der Waals surface area contributed by atoms with Gasteiger partial charge in [-0.1, -0.05) is 13.8 Å². The molecule has 2 heterocycles. The number of amides is 1. The van der Waals surface area contributed by atoms with Gasteiger partial charge in [0.1, 0.15) is 5.69 Å². The molecule has 1 aliphatic heterocycles. The van der Waals surface area contributed by atoms with Gasteiger partial charge in [-0.05, 0) is 7.05 Å². The van der Waals surface area contributed by atoms with E-state index in [2.05, 4.69) is 30.8 Å². The monoisotopic (exact) mass is 253 g/mol. The molecule has 4 nitrogen and oxygen atoms in total. The Balaban J connectivity index is 2.03. The van der Waals surface area contributed by atoms with Gasteiger partial charge in [-0.15, -0.1) is 11.3 Å². The Morgan fingerprint density at radius 2 is 2.00 bits per heavy atom. The van der Waals surface area contributed by atoms with E-state index in [0.717, 1.165) is 31.2 Å². The number of likely N-dealkylation sites (N-methyl/N-ethyl adjacent to an activating group) is 1. The number of rotatable bonds is 2. The number of hydrogen-bond donors (Lipinski definition) is 0. The molecule has 0 radical (unpaired) electrons. The smallest absolute Gasteiger partial charge is 0.273 e. The highest BCUT2D eigenvalue weighted by Crippen LogP contribution is 2.20. The molecular formula is C12H19N3OS. The first-order valence-electron chi connectivity index (χ1n) is 6.01. The number of nitrogens with zero attached hydrogens (tertiary/aromatic N) is 3. The third-order valence-electron chi connectivity index (χ3n) is 3.03. The summed E-state index contributed by atoms with van der Waals surface area (Å²) in [6.45, 7) is 7.72. The van der Waals surface area contributed by atoms with E-state index in [1.165, 1.54) is 0 Å². The Kier molecular flexibility index (Phi) is 3.79. The van der Waals surface area contributed by atoms with Crippen molar-refractivity contribution in [1.82, 2.24) is 14.8 Å². The van der Waals surface area contributed by atoms with Crippen LogP contribution in [0.5, 0.6) is 0 Å². The van der Waals surface area contributed by atoms with Gasteiger partial charge in [-0.2, -0.15) is 0 Å². The van der Waals surface area contributed by atoms with Crippen LogP contribution in [0.2, 0.25) is 0 Å². The second-order valence-electron chi connectivity index (χ2n) is 4.82. The molecule has 1 aromatic heterocycles. The van der Waals surface area contributed by atoms with Crippen LogP contribution in [-0.2, 0) is 0 Å². The van der Waals surface area contributed by atoms with Crippen molar-refractivity contribution >= 4 is 17.2 Å². The second kappa shape index (κ2) is 5.14. The van der Waals surface area contributed by atoms with E-state index in [9.17, 15) is 4.79 Å². The molecule has 1 fully saturated rings. The zero-order valence-corrected chi connectivity index (χ0v) is 11.5. The van der Waals surface area contributed by atoms with E-state index in [-0.39, 0.29) is 5.91 Å². The quantitative estimate of drug-likeness (QED) is 0.804. The maximum Gasteiger partial charge on any atom is 0.273 e. The first kappa shape index (κ1) is 12.5. The van der Waals surface area contributed by atoms with Crippen molar-refractivity contribution in [3.05, 3.63) is 16.1 Å². The summed E-state index contributed by atoms with van der Waals surface area (Å²) in [6.07, 6.45) is 0. The van der Waals surface area contributed by atoms with E-state index in [4.69, 9.17) is 0 Å². The van der Waals surface area contributed by atoms with Gasteiger partial charge in [0.05, 0.1) is 5.01 Å². The van der Waals surface area contributed by atoms with Crippen LogP contribution in [0.15, 0.2) is 5.38 Å². The highest BCUT2D eigenvalue weighted by Gasteiger charge is 2.22. The lowest BCUT2D eigenvalue weighted by Crippen LogP contribution is -2.47. The van der Waals surface area contributed by atoms with Crippen LogP contribution in [0.3, 0.4) is 0 Å². The van der Waals surface area contributed by atoms with Gasteiger partial charge in [0.25, 0.3) is 5.91 Å². The summed E-state index contributed by atoms with van der Waals surface area (Å²) in [5.74, 6) is 0.482. The summed E-state index contributed by atoms with van der Waals surface area (Å²) in [7, 11) is 2.08. The number of thiazole rings is 1. The van der Waals surface area contributed by atoms with Crippen LogP contribution in [0.1, 0.15) is 35.3 Å². The van der Waals surface area contributed by atoms with Crippen LogP contribution < -0.4 is 0 Å². The summed E-state index contributed by atoms with van der Waals surface area (Å²) >= 11 is 1.58. The zero-order chi connectivity index (χ0) is 12.4. The minimum atomic E-state index is 0.0845. The highest BCUT2D eigenvalue weighted by molar-refractivity contribution is 7.09. The normalized spacial score (nSPS) is 17.8. The van der Waals surface area contributed by atoms with Gasteiger partial charge in [-0.25, -0.2) is 4.98 Å². The molecule has 1 aromatic rings. The van der Waals surface area contributed by atoms with E-state index in [1.807, 2.05) is 10.3 Å². The van der Waals surface area contributed by atoms with Crippen LogP contribution >= 0.6 is 11.3 Å². The highest BCUT2D eigenvalue weighted by atomic mass is 32.1. The van der Waals surface area contributed by atoms with Crippen molar-refractivity contribution in [2.45, 2.75) is 19.8 Å². The second-order valence-corrected chi connectivity index (χ2v) is 5.71. The summed E-state index contributed by atoms with van der Waals surface area (Å²) in [5, 5.41) is 2.93. The van der Waals surface area contributed by atoms with Crippen molar-refractivity contribution < 1.29 is 4.79 Å². The summed E-state index contributed by atoms with van der Waals surface area (Å²) in [4.78, 5) is 20.8. The number of carbonyl (C=O) groups excluding carboxylic acids is 1. The molecule has 0 atom stereocenters. The summed E-state index contributed by atoms with van der Waals surface area (Å²) in [5.41, 5.74) is 0.614. The molecule has 0 saturated carbocycles. The minimum absolute atomic E-state index is 0.0845. The molecule has 1 saturated heterocycles. The number of carbonyl (C=O) groups is 1. The van der Waals surface area contributed by atoms with E-state index in [1.54, 1.807) is 11.3 Å². The maximum absolute atomic E-state index is 12.2. The summed E-state index contributed by atoms with van der Waals surface area (Å²) in [6, 6.07) is 0. The average molecular weight is 253 g/mol. The number of hydrogen-bond acceptors (Lipinski definition) is 4. The Morgan fingerprint density at radius 1 is 1.35 bits per heavy atom. The average Bonchev–Trinajstić information content (AvgIpc) is 2.78. The van der Waals surface area contributed by atoms with Gasteiger partial charge >= 0.3 is 0 Å². The van der Waals surface area contributed by atoms with Gasteiger partial charge < -0.3 is 9.80 Å². The lowest BCUT2D eigenvalue weighted by Gasteiger charge is -2.31. The molecule has 0 spiro atoms. The van der Waals surface area contributed by atoms with Crippen LogP contribution in [0, 0.1) is 0 Å². The van der Waals surface area contributed by atoms with Crippen LogP contribution in [-0.4, -0.2) is 53.9 Å². The Bertz CT molecular complexity index is 394. The van der Waals surface area contributed by atoms with Gasteiger partial charge in [0.15, 0.2) is 0 Å². The molecule has 0 aliphatic carbocycles. The zero-order valence-electron chi connectivity index (χ0n) is 10.6. The lowest BCUT2D eigenvalue weighted by atomic mass is 10.2. The topological polar surface area (TPSA) is 36.4 Å². The molecular weight excluding hydrogens is 234 g/mol. The fraction of sp³-hybridized carbons (Fsp3) is 0.667. The third-order valence-corrected chi connectivity index (χ3v) is 4.17. The molecule has 0 N–H and O–H groups in total. The lowest BCUT2D eigenvalue weighted by molar-refractivity contribution is 0.0659. The van der Waals surface area contributed by atoms with Crippen molar-refractivity contribution in [2.75, 3.05) is 33.2 Å². The van der Waals surface area contributed by atoms with Crippen molar-refractivity contribution in [1.29, 1.82) is 0 Å². The fourth-order valence-corrected chi connectivity index (χ4v) is 2.63. The summed E-state index contributed by atoms with van der Waals surface area (Å²) < 4.78 is 0. The minimum Gasteiger partial charge on any atom is -0.335 e. The number of aromatic nitrogens is 1. The third kappa shape index (κ3) is 2.84. The van der Waals surface area contributed by atoms with Gasteiger partial charge in [0.2, 0.25) is 0 Å². The largest absolute Gasteiger partial charge is 0.335 e. The molecule has 2 rings (SSSR count). The first-order chi connectivity index (χ1) is 8.08. The fourth-order valence-electron chi connectivity index (χ4n) is 1.82. The van der Waals surface area contributed by atoms with Crippen molar-refractivity contribution in [2.24, 2.45) is 0 Å². The molecule has 94 valence electrons. The van der Waals surface area contributed by atoms with Gasteiger partial charge in [-0.3, -0.25) is 4.79 Å². The Labute approximate surface area is 106 Å². The van der Waals surface area contributed by atoms with Crippen LogP contribution in [0.4, 0.5) is 0 Å².